The molecule has 0 radical (unpaired) electrons. The Bertz CT molecular complexity index is 649. The molecule has 1 amide bonds. The molecule has 3 fully saturated rings. The Morgan fingerprint density at radius 1 is 1.36 bits per heavy atom. The topological polar surface area (TPSA) is 75.4 Å². The van der Waals surface area contributed by atoms with Crippen LogP contribution in [0.25, 0.3) is 0 Å². The lowest BCUT2D eigenvalue weighted by atomic mass is 9.81. The number of hydrogen-bond donors (Lipinski definition) is 1. The summed E-state index contributed by atoms with van der Waals surface area (Å²) < 4.78 is 1.80. The van der Waals surface area contributed by atoms with Gasteiger partial charge in [-0.3, -0.25) is 14.3 Å². The lowest BCUT2D eigenvalue weighted by Gasteiger charge is -2.23. The third-order valence-electron chi connectivity index (χ3n) is 5.71. The van der Waals surface area contributed by atoms with Gasteiger partial charge in [0, 0.05) is 31.7 Å². The van der Waals surface area contributed by atoms with E-state index in [1.807, 2.05) is 13.1 Å². The molecular formula is C16H21N3O3. The molecule has 2 aliphatic carbocycles. The van der Waals surface area contributed by atoms with Crippen LogP contribution in [0.15, 0.2) is 6.07 Å². The number of carboxylic acid groups (broad SMARTS) is 1. The van der Waals surface area contributed by atoms with Crippen molar-refractivity contribution >= 4 is 11.9 Å². The summed E-state index contributed by atoms with van der Waals surface area (Å²) in [7, 11) is 1.88. The number of carbonyl (C=O) groups excluding carboxylic acids is 1. The Balaban J connectivity index is 1.57. The maximum absolute atomic E-state index is 12.7. The number of aromatic nitrogens is 2. The number of aliphatic carboxylic acids is 1. The van der Waals surface area contributed by atoms with E-state index in [0.29, 0.717) is 31.1 Å². The third kappa shape index (κ3) is 1.89. The SMILES string of the molecule is Cn1nc(C(=O)N2C[C@@H]3CCC[C@@]3(C(=O)O)C2)cc1C1CC1. The van der Waals surface area contributed by atoms with Crippen LogP contribution in [0.5, 0.6) is 0 Å². The molecule has 3 aliphatic rings. The molecule has 6 heteroatoms. The molecule has 2 saturated carbocycles. The first-order valence-corrected chi connectivity index (χ1v) is 8.08. The molecule has 0 spiro atoms. The number of hydrogen-bond acceptors (Lipinski definition) is 3. The number of nitrogens with zero attached hydrogens (tertiary/aromatic N) is 3. The smallest absolute Gasteiger partial charge is 0.311 e. The molecule has 2 atom stereocenters. The minimum absolute atomic E-state index is 0.0977. The van der Waals surface area contributed by atoms with Crippen molar-refractivity contribution in [2.24, 2.45) is 18.4 Å². The fourth-order valence-corrected chi connectivity index (χ4v) is 4.30. The van der Waals surface area contributed by atoms with Crippen LogP contribution in [0.4, 0.5) is 0 Å². The van der Waals surface area contributed by atoms with Crippen LogP contribution in [0.1, 0.15) is 54.2 Å². The van der Waals surface area contributed by atoms with Crippen LogP contribution in [-0.2, 0) is 11.8 Å². The molecular weight excluding hydrogens is 282 g/mol. The summed E-state index contributed by atoms with van der Waals surface area (Å²) in [6, 6.07) is 1.89. The summed E-state index contributed by atoms with van der Waals surface area (Å²) in [5.41, 5.74) is 0.865. The average Bonchev–Trinajstić information content (AvgIpc) is 2.94. The molecule has 1 aliphatic heterocycles. The summed E-state index contributed by atoms with van der Waals surface area (Å²) in [5, 5.41) is 14.0. The van der Waals surface area contributed by atoms with E-state index in [1.165, 1.54) is 12.8 Å². The number of rotatable bonds is 3. The van der Waals surface area contributed by atoms with Crippen LogP contribution in [0.2, 0.25) is 0 Å². The summed E-state index contributed by atoms with van der Waals surface area (Å²) in [6.07, 6.45) is 4.88. The van der Waals surface area contributed by atoms with Gasteiger partial charge in [0.05, 0.1) is 5.41 Å². The second-order valence-electron chi connectivity index (χ2n) is 7.09. The summed E-state index contributed by atoms with van der Waals surface area (Å²) in [6.45, 7) is 0.891. The molecule has 1 aromatic rings. The van der Waals surface area contributed by atoms with Crippen molar-refractivity contribution < 1.29 is 14.7 Å². The van der Waals surface area contributed by atoms with Crippen LogP contribution in [-0.4, -0.2) is 44.8 Å². The van der Waals surface area contributed by atoms with E-state index < -0.39 is 11.4 Å². The van der Waals surface area contributed by atoms with Gasteiger partial charge >= 0.3 is 5.97 Å². The fourth-order valence-electron chi connectivity index (χ4n) is 4.30. The van der Waals surface area contributed by atoms with Crippen LogP contribution in [0, 0.1) is 11.3 Å². The molecule has 2 heterocycles. The molecule has 1 aromatic heterocycles. The highest BCUT2D eigenvalue weighted by atomic mass is 16.4. The average molecular weight is 303 g/mol. The molecule has 118 valence electrons. The van der Waals surface area contributed by atoms with Gasteiger partial charge in [-0.1, -0.05) is 6.42 Å². The fraction of sp³-hybridized carbons (Fsp3) is 0.688. The molecule has 1 saturated heterocycles. The first-order chi connectivity index (χ1) is 10.5. The first kappa shape index (κ1) is 13.8. The maximum atomic E-state index is 12.7. The Kier molecular flexibility index (Phi) is 2.86. The number of fused-ring (bicyclic) bond motifs is 1. The number of likely N-dealkylation sites (tertiary alicyclic amines) is 1. The highest BCUT2D eigenvalue weighted by Crippen LogP contribution is 2.49. The van der Waals surface area contributed by atoms with E-state index in [2.05, 4.69) is 5.10 Å². The number of carbonyl (C=O) groups is 2. The summed E-state index contributed by atoms with van der Waals surface area (Å²) >= 11 is 0. The Morgan fingerprint density at radius 3 is 2.77 bits per heavy atom. The minimum atomic E-state index is -0.745. The predicted octanol–water partition coefficient (Wildman–Crippen LogP) is 1.62. The van der Waals surface area contributed by atoms with E-state index in [4.69, 9.17) is 0 Å². The quantitative estimate of drug-likeness (QED) is 0.920. The van der Waals surface area contributed by atoms with Crippen molar-refractivity contribution in [3.63, 3.8) is 0 Å². The largest absolute Gasteiger partial charge is 0.481 e. The molecule has 0 aromatic carbocycles. The van der Waals surface area contributed by atoms with E-state index in [-0.39, 0.29) is 11.8 Å². The van der Waals surface area contributed by atoms with Crippen molar-refractivity contribution in [3.8, 4) is 0 Å². The summed E-state index contributed by atoms with van der Waals surface area (Å²) in [5.74, 6) is -0.217. The van der Waals surface area contributed by atoms with E-state index >= 15 is 0 Å². The Hall–Kier alpha value is -1.85. The van der Waals surface area contributed by atoms with Crippen LogP contribution in [0.3, 0.4) is 0 Å². The Morgan fingerprint density at radius 2 is 2.14 bits per heavy atom. The molecule has 4 rings (SSSR count). The van der Waals surface area contributed by atoms with Crippen molar-refractivity contribution in [2.75, 3.05) is 13.1 Å². The lowest BCUT2D eigenvalue weighted by molar-refractivity contribution is -0.149. The van der Waals surface area contributed by atoms with Crippen LogP contribution < -0.4 is 0 Å². The monoisotopic (exact) mass is 303 g/mol. The van der Waals surface area contributed by atoms with Gasteiger partial charge in [-0.2, -0.15) is 5.10 Å². The van der Waals surface area contributed by atoms with Crippen molar-refractivity contribution in [1.82, 2.24) is 14.7 Å². The van der Waals surface area contributed by atoms with Gasteiger partial charge in [0.2, 0.25) is 0 Å². The zero-order valence-electron chi connectivity index (χ0n) is 12.8. The van der Waals surface area contributed by atoms with Crippen LogP contribution >= 0.6 is 0 Å². The van der Waals surface area contributed by atoms with E-state index in [1.54, 1.807) is 9.58 Å². The maximum Gasteiger partial charge on any atom is 0.311 e. The molecule has 0 unspecified atom stereocenters. The number of aryl methyl sites for hydroxylation is 1. The highest BCUT2D eigenvalue weighted by Gasteiger charge is 2.56. The van der Waals surface area contributed by atoms with Crippen molar-refractivity contribution in [1.29, 1.82) is 0 Å². The standard InChI is InChI=1S/C16H21N3O3/c1-18-13(10-4-5-10)7-12(17-18)14(20)19-8-11-3-2-6-16(11,9-19)15(21)22/h7,10-11H,2-6,8-9H2,1H3,(H,21,22)/t11-,16+/m0/s1. The molecule has 22 heavy (non-hydrogen) atoms. The highest BCUT2D eigenvalue weighted by molar-refractivity contribution is 5.93. The molecule has 6 nitrogen and oxygen atoms in total. The minimum Gasteiger partial charge on any atom is -0.481 e. The van der Waals surface area contributed by atoms with E-state index in [0.717, 1.165) is 18.5 Å². The summed E-state index contributed by atoms with van der Waals surface area (Å²) in [4.78, 5) is 26.1. The number of amides is 1. The van der Waals surface area contributed by atoms with Gasteiger partial charge in [-0.05, 0) is 37.7 Å². The van der Waals surface area contributed by atoms with Gasteiger partial charge in [-0.25, -0.2) is 0 Å². The molecule has 1 N–H and O–H groups in total. The second kappa shape index (κ2) is 4.57. The van der Waals surface area contributed by atoms with Crippen molar-refractivity contribution in [2.45, 2.75) is 38.0 Å². The number of carboxylic acids is 1. The van der Waals surface area contributed by atoms with Gasteiger partial charge in [0.1, 0.15) is 0 Å². The van der Waals surface area contributed by atoms with Crippen molar-refractivity contribution in [3.05, 3.63) is 17.5 Å². The first-order valence-electron chi connectivity index (χ1n) is 8.08. The second-order valence-corrected chi connectivity index (χ2v) is 7.09. The zero-order valence-corrected chi connectivity index (χ0v) is 12.8. The normalized spacial score (nSPS) is 30.6. The van der Waals surface area contributed by atoms with Gasteiger partial charge in [0.25, 0.3) is 5.91 Å². The third-order valence-corrected chi connectivity index (χ3v) is 5.71. The van der Waals surface area contributed by atoms with Gasteiger partial charge < -0.3 is 10.0 Å². The van der Waals surface area contributed by atoms with Gasteiger partial charge in [0.15, 0.2) is 5.69 Å². The molecule has 0 bridgehead atoms. The lowest BCUT2D eigenvalue weighted by Crippen LogP contribution is -2.37. The predicted molar refractivity (Wildman–Crippen MR) is 78.5 cm³/mol. The zero-order chi connectivity index (χ0) is 15.5. The van der Waals surface area contributed by atoms with Gasteiger partial charge in [-0.15, -0.1) is 0 Å². The van der Waals surface area contributed by atoms with E-state index in [9.17, 15) is 14.7 Å². The Labute approximate surface area is 129 Å².